The van der Waals surface area contributed by atoms with Crippen LogP contribution in [0.15, 0.2) is 41.3 Å². The minimum atomic E-state index is -5.12. The Kier molecular flexibility index (Phi) is 6.89. The number of rotatable bonds is 4. The van der Waals surface area contributed by atoms with Gasteiger partial charge in [-0.15, -0.1) is 0 Å². The van der Waals surface area contributed by atoms with E-state index in [-0.39, 0.29) is 24.6 Å². The molecule has 1 N–H and O–H groups in total. The summed E-state index contributed by atoms with van der Waals surface area (Å²) in [5, 5.41) is 0. The Bertz CT molecular complexity index is 1200. The van der Waals surface area contributed by atoms with E-state index in [9.17, 15) is 52.7 Å². The number of halogens is 9. The van der Waals surface area contributed by atoms with E-state index in [1.807, 2.05) is 4.72 Å². The molecular formula is C20H15F9N2O3S. The van der Waals surface area contributed by atoms with Crippen molar-refractivity contribution in [3.8, 4) is 0 Å². The van der Waals surface area contributed by atoms with Crippen molar-refractivity contribution in [2.45, 2.75) is 42.9 Å². The number of carbonyl (C=O) groups is 1. The predicted molar refractivity (Wildman–Crippen MR) is 102 cm³/mol. The van der Waals surface area contributed by atoms with Crippen LogP contribution in [0.3, 0.4) is 0 Å². The molecule has 0 aliphatic carbocycles. The molecule has 35 heavy (non-hydrogen) atoms. The van der Waals surface area contributed by atoms with Gasteiger partial charge in [-0.3, -0.25) is 4.79 Å². The zero-order valence-electron chi connectivity index (χ0n) is 17.3. The number of hydrogen-bond donors (Lipinski definition) is 1. The third-order valence-corrected chi connectivity index (χ3v) is 6.54. The number of hydrogen-bond acceptors (Lipinski definition) is 3. The third-order valence-electron chi connectivity index (χ3n) is 5.14. The van der Waals surface area contributed by atoms with E-state index in [1.54, 1.807) is 0 Å². The Morgan fingerprint density at radius 1 is 0.857 bits per heavy atom. The molecule has 0 bridgehead atoms. The maximum Gasteiger partial charge on any atom is 0.471 e. The second-order valence-electron chi connectivity index (χ2n) is 7.64. The summed E-state index contributed by atoms with van der Waals surface area (Å²) in [6, 6.07) is 4.04. The molecule has 0 saturated carbocycles. The van der Waals surface area contributed by atoms with Gasteiger partial charge in [0.25, 0.3) is 0 Å². The molecule has 1 aliphatic heterocycles. The Morgan fingerprint density at radius 3 is 1.94 bits per heavy atom. The van der Waals surface area contributed by atoms with Crippen molar-refractivity contribution in [3.05, 3.63) is 64.2 Å². The number of benzene rings is 2. The molecule has 0 spiro atoms. The van der Waals surface area contributed by atoms with Gasteiger partial charge in [0.1, 0.15) is 0 Å². The fourth-order valence-electron chi connectivity index (χ4n) is 3.44. The summed E-state index contributed by atoms with van der Waals surface area (Å²) < 4.78 is 143. The Hall–Kier alpha value is -2.81. The highest BCUT2D eigenvalue weighted by Crippen LogP contribution is 2.36. The van der Waals surface area contributed by atoms with Crippen molar-refractivity contribution in [1.29, 1.82) is 0 Å². The van der Waals surface area contributed by atoms with Gasteiger partial charge in [-0.1, -0.05) is 6.07 Å². The molecule has 1 heterocycles. The summed E-state index contributed by atoms with van der Waals surface area (Å²) in [5.41, 5.74) is -3.26. The summed E-state index contributed by atoms with van der Waals surface area (Å²) in [5.74, 6) is -2.10. The lowest BCUT2D eigenvalue weighted by atomic mass is 10.00. The summed E-state index contributed by atoms with van der Waals surface area (Å²) in [7, 11) is -4.49. The molecule has 0 radical (unpaired) electrons. The Balaban J connectivity index is 1.84. The first kappa shape index (κ1) is 26.8. The highest BCUT2D eigenvalue weighted by molar-refractivity contribution is 7.89. The van der Waals surface area contributed by atoms with E-state index in [2.05, 4.69) is 0 Å². The molecule has 5 nitrogen and oxygen atoms in total. The number of fused-ring (bicyclic) bond motifs is 1. The molecule has 1 aliphatic rings. The fraction of sp³-hybridized carbons (Fsp3) is 0.350. The third kappa shape index (κ3) is 6.25. The standard InChI is InChI=1S/C20H15F9N2O3S/c21-18(22,23)14-5-11(6-15(8-14)19(24,25)26)9-30-35(33,34)16-2-1-12-3-4-31(10-13(12)7-16)17(32)20(27,28)29/h1-2,5-8,30H,3-4,9-10H2. The van der Waals surface area contributed by atoms with Crippen molar-refractivity contribution in [2.24, 2.45) is 0 Å². The van der Waals surface area contributed by atoms with Gasteiger partial charge in [0.05, 0.1) is 16.0 Å². The number of sulfonamides is 1. The van der Waals surface area contributed by atoms with E-state index < -0.39 is 69.1 Å². The van der Waals surface area contributed by atoms with Gasteiger partial charge in [-0.25, -0.2) is 13.1 Å². The van der Waals surface area contributed by atoms with Gasteiger partial charge >= 0.3 is 24.4 Å². The van der Waals surface area contributed by atoms with Crippen LogP contribution in [0.25, 0.3) is 0 Å². The molecule has 0 atom stereocenters. The van der Waals surface area contributed by atoms with Crippen molar-refractivity contribution in [3.63, 3.8) is 0 Å². The maximum absolute atomic E-state index is 13.0. The van der Waals surface area contributed by atoms with E-state index in [4.69, 9.17) is 0 Å². The lowest BCUT2D eigenvalue weighted by Crippen LogP contribution is -2.43. The molecule has 2 aromatic carbocycles. The van der Waals surface area contributed by atoms with Crippen LogP contribution >= 0.6 is 0 Å². The second-order valence-corrected chi connectivity index (χ2v) is 9.41. The summed E-state index contributed by atoms with van der Waals surface area (Å²) in [6.45, 7) is -1.70. The first-order valence-electron chi connectivity index (χ1n) is 9.64. The number of carbonyl (C=O) groups excluding carboxylic acids is 1. The quantitative estimate of drug-likeness (QED) is 0.581. The first-order valence-corrected chi connectivity index (χ1v) is 11.1. The van der Waals surface area contributed by atoms with E-state index in [0.717, 1.165) is 12.1 Å². The molecule has 0 saturated heterocycles. The number of nitrogens with zero attached hydrogens (tertiary/aromatic N) is 1. The Labute approximate surface area is 192 Å². The van der Waals surface area contributed by atoms with Gasteiger partial charge in [-0.2, -0.15) is 39.5 Å². The van der Waals surface area contributed by atoms with Crippen LogP contribution in [0.2, 0.25) is 0 Å². The number of nitrogens with one attached hydrogen (secondary N) is 1. The van der Waals surface area contributed by atoms with Gasteiger partial charge in [-0.05, 0) is 53.4 Å². The van der Waals surface area contributed by atoms with Crippen molar-refractivity contribution in [2.75, 3.05) is 6.54 Å². The zero-order chi connectivity index (χ0) is 26.4. The molecular weight excluding hydrogens is 519 g/mol. The maximum atomic E-state index is 13.0. The largest absolute Gasteiger partial charge is 0.471 e. The first-order chi connectivity index (χ1) is 15.9. The molecule has 0 fully saturated rings. The summed E-state index contributed by atoms with van der Waals surface area (Å²) in [4.78, 5) is 11.5. The van der Waals surface area contributed by atoms with Crippen LogP contribution < -0.4 is 4.72 Å². The lowest BCUT2D eigenvalue weighted by molar-refractivity contribution is -0.186. The monoisotopic (exact) mass is 534 g/mol. The summed E-state index contributed by atoms with van der Waals surface area (Å²) >= 11 is 0. The fourth-order valence-corrected chi connectivity index (χ4v) is 4.50. The van der Waals surface area contributed by atoms with Crippen LogP contribution in [0.5, 0.6) is 0 Å². The van der Waals surface area contributed by atoms with Crippen LogP contribution in [0.1, 0.15) is 27.8 Å². The Morgan fingerprint density at radius 2 is 1.43 bits per heavy atom. The van der Waals surface area contributed by atoms with E-state index in [1.165, 1.54) is 6.07 Å². The summed E-state index contributed by atoms with van der Waals surface area (Å²) in [6.07, 6.45) is -15.3. The molecule has 15 heteroatoms. The molecule has 192 valence electrons. The lowest BCUT2D eigenvalue weighted by Gasteiger charge is -2.29. The van der Waals surface area contributed by atoms with Crippen LogP contribution in [-0.2, 0) is 46.7 Å². The van der Waals surface area contributed by atoms with Crippen LogP contribution in [0.4, 0.5) is 39.5 Å². The average molecular weight is 534 g/mol. The topological polar surface area (TPSA) is 66.5 Å². The van der Waals surface area contributed by atoms with Gasteiger partial charge < -0.3 is 4.90 Å². The SMILES string of the molecule is O=C(N1CCc2ccc(S(=O)(=O)NCc3cc(C(F)(F)F)cc(C(F)(F)F)c3)cc2C1)C(F)(F)F. The normalized spacial score (nSPS) is 15.2. The molecule has 0 aromatic heterocycles. The minimum Gasteiger partial charge on any atom is -0.330 e. The van der Waals surface area contributed by atoms with E-state index in [0.29, 0.717) is 22.6 Å². The average Bonchev–Trinajstić information content (AvgIpc) is 2.74. The predicted octanol–water partition coefficient (Wildman–Crippen LogP) is 4.65. The van der Waals surface area contributed by atoms with Crippen LogP contribution in [-0.4, -0.2) is 31.9 Å². The highest BCUT2D eigenvalue weighted by atomic mass is 32.2. The highest BCUT2D eigenvalue weighted by Gasteiger charge is 2.43. The number of alkyl halides is 9. The zero-order valence-corrected chi connectivity index (χ0v) is 18.1. The minimum absolute atomic E-state index is 0.0232. The smallest absolute Gasteiger partial charge is 0.330 e. The molecule has 1 amide bonds. The van der Waals surface area contributed by atoms with Gasteiger partial charge in [0.2, 0.25) is 10.0 Å². The van der Waals surface area contributed by atoms with Gasteiger partial charge in [0.15, 0.2) is 0 Å². The molecule has 3 rings (SSSR count). The van der Waals surface area contributed by atoms with Crippen molar-refractivity contribution in [1.82, 2.24) is 9.62 Å². The number of amides is 1. The molecule has 2 aromatic rings. The van der Waals surface area contributed by atoms with Crippen molar-refractivity contribution >= 4 is 15.9 Å². The second kappa shape index (κ2) is 9.00. The van der Waals surface area contributed by atoms with E-state index >= 15 is 0 Å². The van der Waals surface area contributed by atoms with Crippen molar-refractivity contribution < 1.29 is 52.7 Å². The van der Waals surface area contributed by atoms with Crippen LogP contribution in [0, 0.1) is 0 Å². The van der Waals surface area contributed by atoms with Gasteiger partial charge in [0, 0.05) is 19.6 Å². The molecule has 0 unspecified atom stereocenters.